The molecule has 0 radical (unpaired) electrons. The van der Waals surface area contributed by atoms with Crippen LogP contribution in [0.2, 0.25) is 0 Å². The summed E-state index contributed by atoms with van der Waals surface area (Å²) in [6.45, 7) is 5.23. The van der Waals surface area contributed by atoms with Crippen molar-refractivity contribution in [3.05, 3.63) is 48.6 Å². The van der Waals surface area contributed by atoms with Gasteiger partial charge >= 0.3 is 5.97 Å². The number of carbonyl (C=O) groups excluding carboxylic acids is 1. The summed E-state index contributed by atoms with van der Waals surface area (Å²) in [7, 11) is 0. The zero-order valence-electron chi connectivity index (χ0n) is 32.0. The summed E-state index contributed by atoms with van der Waals surface area (Å²) in [6, 6.07) is 0. The summed E-state index contributed by atoms with van der Waals surface area (Å²) in [5.74, 6) is -0.202. The first-order chi connectivity index (χ1) is 23.7. The SMILES string of the molecule is CC/C=C\C/C=C\C/C=C\C/C=C\CCCCCCCCCCCCCOCC(CO)OC(=O)CCCCCCCCCCCCCC. The number of rotatable bonds is 38. The van der Waals surface area contributed by atoms with Gasteiger partial charge in [0.1, 0.15) is 6.10 Å². The average molecular weight is 673 g/mol. The highest BCUT2D eigenvalue weighted by Crippen LogP contribution is 2.14. The Morgan fingerprint density at radius 1 is 0.521 bits per heavy atom. The van der Waals surface area contributed by atoms with Crippen LogP contribution in [-0.4, -0.2) is 37.0 Å². The van der Waals surface area contributed by atoms with Crippen molar-refractivity contribution in [2.24, 2.45) is 0 Å². The van der Waals surface area contributed by atoms with Gasteiger partial charge in [0.15, 0.2) is 0 Å². The third kappa shape index (κ3) is 38.8. The highest BCUT2D eigenvalue weighted by molar-refractivity contribution is 5.69. The van der Waals surface area contributed by atoms with Crippen LogP contribution in [0.25, 0.3) is 0 Å². The van der Waals surface area contributed by atoms with Gasteiger partial charge in [-0.1, -0.05) is 191 Å². The van der Waals surface area contributed by atoms with E-state index in [4.69, 9.17) is 9.47 Å². The van der Waals surface area contributed by atoms with Gasteiger partial charge in [-0.25, -0.2) is 0 Å². The molecule has 0 aromatic carbocycles. The predicted molar refractivity (Wildman–Crippen MR) is 210 cm³/mol. The summed E-state index contributed by atoms with van der Waals surface area (Å²) >= 11 is 0. The molecule has 0 saturated carbocycles. The zero-order chi connectivity index (χ0) is 34.9. The first-order valence-corrected chi connectivity index (χ1v) is 20.7. The molecule has 280 valence electrons. The van der Waals surface area contributed by atoms with Crippen LogP contribution >= 0.6 is 0 Å². The fourth-order valence-corrected chi connectivity index (χ4v) is 5.85. The second-order valence-electron chi connectivity index (χ2n) is 13.7. The number of ether oxygens (including phenoxy) is 2. The van der Waals surface area contributed by atoms with E-state index in [0.29, 0.717) is 19.6 Å². The van der Waals surface area contributed by atoms with E-state index in [0.717, 1.165) is 44.9 Å². The first kappa shape index (κ1) is 46.4. The van der Waals surface area contributed by atoms with Crippen LogP contribution < -0.4 is 0 Å². The topological polar surface area (TPSA) is 55.8 Å². The summed E-state index contributed by atoms with van der Waals surface area (Å²) < 4.78 is 11.1. The Bertz CT molecular complexity index is 753. The largest absolute Gasteiger partial charge is 0.457 e. The van der Waals surface area contributed by atoms with Gasteiger partial charge in [0.05, 0.1) is 13.2 Å². The van der Waals surface area contributed by atoms with Crippen LogP contribution in [0.3, 0.4) is 0 Å². The number of aliphatic hydroxyl groups excluding tert-OH is 1. The normalized spacial score (nSPS) is 12.8. The fraction of sp³-hybridized carbons (Fsp3) is 0.795. The molecule has 0 saturated heterocycles. The maximum absolute atomic E-state index is 12.1. The molecular weight excluding hydrogens is 592 g/mol. The number of aliphatic hydroxyl groups is 1. The molecule has 0 spiro atoms. The quantitative estimate of drug-likeness (QED) is 0.0403. The van der Waals surface area contributed by atoms with Crippen LogP contribution in [0.4, 0.5) is 0 Å². The molecule has 0 bridgehead atoms. The van der Waals surface area contributed by atoms with Crippen molar-refractivity contribution in [1.29, 1.82) is 0 Å². The van der Waals surface area contributed by atoms with Gasteiger partial charge in [0, 0.05) is 13.0 Å². The van der Waals surface area contributed by atoms with E-state index in [1.807, 2.05) is 0 Å². The van der Waals surface area contributed by atoms with Crippen molar-refractivity contribution in [1.82, 2.24) is 0 Å². The van der Waals surface area contributed by atoms with Crippen LogP contribution in [0, 0.1) is 0 Å². The van der Waals surface area contributed by atoms with Crippen LogP contribution in [0.1, 0.15) is 200 Å². The molecule has 0 aliphatic carbocycles. The third-order valence-corrected chi connectivity index (χ3v) is 8.92. The smallest absolute Gasteiger partial charge is 0.306 e. The highest BCUT2D eigenvalue weighted by atomic mass is 16.6. The molecule has 0 aliphatic rings. The van der Waals surface area contributed by atoms with E-state index in [-0.39, 0.29) is 12.6 Å². The van der Waals surface area contributed by atoms with Crippen molar-refractivity contribution >= 4 is 5.97 Å². The minimum Gasteiger partial charge on any atom is -0.457 e. The van der Waals surface area contributed by atoms with Crippen LogP contribution in [0.5, 0.6) is 0 Å². The van der Waals surface area contributed by atoms with E-state index in [1.165, 1.54) is 135 Å². The van der Waals surface area contributed by atoms with Crippen LogP contribution in [0.15, 0.2) is 48.6 Å². The molecule has 0 rings (SSSR count). The fourth-order valence-electron chi connectivity index (χ4n) is 5.85. The zero-order valence-corrected chi connectivity index (χ0v) is 32.0. The minimum atomic E-state index is -0.533. The minimum absolute atomic E-state index is 0.171. The maximum atomic E-state index is 12.1. The second-order valence-corrected chi connectivity index (χ2v) is 13.7. The molecule has 4 nitrogen and oxygen atoms in total. The molecule has 1 atom stereocenters. The number of unbranched alkanes of at least 4 members (excludes halogenated alkanes) is 22. The number of hydrogen-bond donors (Lipinski definition) is 1. The van der Waals surface area contributed by atoms with Gasteiger partial charge < -0.3 is 14.6 Å². The van der Waals surface area contributed by atoms with Gasteiger partial charge in [-0.3, -0.25) is 4.79 Å². The summed E-state index contributed by atoms with van der Waals surface area (Å²) in [4.78, 5) is 12.1. The van der Waals surface area contributed by atoms with Crippen LogP contribution in [-0.2, 0) is 14.3 Å². The lowest BCUT2D eigenvalue weighted by Crippen LogP contribution is -2.27. The van der Waals surface area contributed by atoms with Crippen molar-refractivity contribution in [3.8, 4) is 0 Å². The van der Waals surface area contributed by atoms with Gasteiger partial charge in [-0.05, 0) is 51.4 Å². The molecular formula is C44H80O4. The number of carbonyl (C=O) groups is 1. The lowest BCUT2D eigenvalue weighted by Gasteiger charge is -2.16. The standard InChI is InChI=1S/C44H80O4/c1-3-5-7-9-11-13-15-17-18-19-20-21-22-23-24-25-26-27-28-30-32-34-36-38-40-47-42-43(41-45)48-44(46)39-37-35-33-31-29-16-14-12-10-8-6-4-2/h5,7,11,13,17-18,20-21,43,45H,3-4,6,8-10,12,14-16,19,22-42H2,1-2H3/b7-5-,13-11-,18-17-,21-20-. The highest BCUT2D eigenvalue weighted by Gasteiger charge is 2.13. The molecule has 48 heavy (non-hydrogen) atoms. The predicted octanol–water partition coefficient (Wildman–Crippen LogP) is 13.5. The number of esters is 1. The Morgan fingerprint density at radius 3 is 1.42 bits per heavy atom. The Labute approximate surface area is 299 Å². The lowest BCUT2D eigenvalue weighted by molar-refractivity contribution is -0.154. The van der Waals surface area contributed by atoms with E-state index in [2.05, 4.69) is 62.5 Å². The van der Waals surface area contributed by atoms with E-state index >= 15 is 0 Å². The van der Waals surface area contributed by atoms with Crippen molar-refractivity contribution in [2.45, 2.75) is 206 Å². The molecule has 0 amide bonds. The second kappa shape index (κ2) is 41.5. The molecule has 0 heterocycles. The summed E-state index contributed by atoms with van der Waals surface area (Å²) in [5.41, 5.74) is 0. The van der Waals surface area contributed by atoms with Gasteiger partial charge in [0.25, 0.3) is 0 Å². The molecule has 0 aromatic heterocycles. The first-order valence-electron chi connectivity index (χ1n) is 20.7. The van der Waals surface area contributed by atoms with Crippen molar-refractivity contribution in [3.63, 3.8) is 0 Å². The van der Waals surface area contributed by atoms with Crippen molar-refractivity contribution < 1.29 is 19.4 Å². The molecule has 0 aliphatic heterocycles. The van der Waals surface area contributed by atoms with Gasteiger partial charge in [-0.2, -0.15) is 0 Å². The Hall–Kier alpha value is -1.65. The van der Waals surface area contributed by atoms with E-state index < -0.39 is 6.10 Å². The molecule has 0 fully saturated rings. The van der Waals surface area contributed by atoms with Crippen molar-refractivity contribution in [2.75, 3.05) is 19.8 Å². The molecule has 1 N–H and O–H groups in total. The monoisotopic (exact) mass is 673 g/mol. The average Bonchev–Trinajstić information content (AvgIpc) is 3.09. The number of hydrogen-bond acceptors (Lipinski definition) is 4. The third-order valence-electron chi connectivity index (χ3n) is 8.92. The Balaban J connectivity index is 3.41. The van der Waals surface area contributed by atoms with Gasteiger partial charge in [0.2, 0.25) is 0 Å². The van der Waals surface area contributed by atoms with Gasteiger partial charge in [-0.15, -0.1) is 0 Å². The summed E-state index contributed by atoms with van der Waals surface area (Å²) in [6.07, 6.45) is 53.1. The van der Waals surface area contributed by atoms with E-state index in [9.17, 15) is 9.90 Å². The lowest BCUT2D eigenvalue weighted by atomic mass is 10.0. The maximum Gasteiger partial charge on any atom is 0.306 e. The summed E-state index contributed by atoms with van der Waals surface area (Å²) in [5, 5.41) is 9.58. The Kier molecular flexibility index (Phi) is 40.1. The number of allylic oxidation sites excluding steroid dienone is 8. The molecule has 0 aromatic rings. The molecule has 1 unspecified atom stereocenters. The molecule has 4 heteroatoms. The Morgan fingerprint density at radius 2 is 0.938 bits per heavy atom. The van der Waals surface area contributed by atoms with E-state index in [1.54, 1.807) is 0 Å².